The highest BCUT2D eigenvalue weighted by atomic mass is 35.5. The average molecular weight is 249 g/mol. The minimum Gasteiger partial charge on any atom is -0.456 e. The molecule has 2 rings (SSSR count). The fourth-order valence-electron chi connectivity index (χ4n) is 1.52. The third-order valence-electron chi connectivity index (χ3n) is 2.42. The average Bonchev–Trinajstić information content (AvgIpc) is 2.32. The van der Waals surface area contributed by atoms with Crippen molar-refractivity contribution in [1.29, 1.82) is 0 Å². The maximum Gasteiger partial charge on any atom is 0.146 e. The number of hydrazine groups is 1. The van der Waals surface area contributed by atoms with Crippen molar-refractivity contribution in [2.75, 3.05) is 5.43 Å². The zero-order valence-electron chi connectivity index (χ0n) is 9.41. The van der Waals surface area contributed by atoms with Crippen LogP contribution in [0.4, 0.5) is 5.69 Å². The van der Waals surface area contributed by atoms with Crippen LogP contribution >= 0.6 is 11.6 Å². The smallest absolute Gasteiger partial charge is 0.146 e. The van der Waals surface area contributed by atoms with E-state index in [0.29, 0.717) is 10.8 Å². The number of hydrogen-bond donors (Lipinski definition) is 2. The van der Waals surface area contributed by atoms with Crippen LogP contribution in [0, 0.1) is 6.92 Å². The van der Waals surface area contributed by atoms with Gasteiger partial charge in [0.05, 0.1) is 10.7 Å². The van der Waals surface area contributed by atoms with Crippen LogP contribution in [-0.2, 0) is 0 Å². The lowest BCUT2D eigenvalue weighted by molar-refractivity contribution is 0.482. The minimum absolute atomic E-state index is 0.589. The van der Waals surface area contributed by atoms with Gasteiger partial charge in [-0.3, -0.25) is 5.84 Å². The minimum atomic E-state index is 0.589. The van der Waals surface area contributed by atoms with Crippen molar-refractivity contribution in [3.05, 3.63) is 53.1 Å². The van der Waals surface area contributed by atoms with Gasteiger partial charge in [0, 0.05) is 0 Å². The van der Waals surface area contributed by atoms with Crippen molar-refractivity contribution in [1.82, 2.24) is 0 Å². The molecule has 0 unspecified atom stereocenters. The molecule has 0 aliphatic rings. The third kappa shape index (κ3) is 2.70. The second-order valence-electron chi connectivity index (χ2n) is 3.65. The van der Waals surface area contributed by atoms with Crippen LogP contribution in [0.25, 0.3) is 0 Å². The van der Waals surface area contributed by atoms with E-state index in [-0.39, 0.29) is 0 Å². The maximum atomic E-state index is 6.02. The Morgan fingerprint density at radius 3 is 2.59 bits per heavy atom. The highest BCUT2D eigenvalue weighted by molar-refractivity contribution is 6.32. The third-order valence-corrected chi connectivity index (χ3v) is 2.73. The quantitative estimate of drug-likeness (QED) is 0.643. The summed E-state index contributed by atoms with van der Waals surface area (Å²) in [5.74, 6) is 6.74. The van der Waals surface area contributed by atoms with Gasteiger partial charge in [-0.15, -0.1) is 0 Å². The Balaban J connectivity index is 2.25. The van der Waals surface area contributed by atoms with Crippen molar-refractivity contribution >= 4 is 17.3 Å². The van der Waals surface area contributed by atoms with Crippen molar-refractivity contribution in [2.24, 2.45) is 5.84 Å². The molecule has 3 N–H and O–H groups in total. The lowest BCUT2D eigenvalue weighted by atomic mass is 10.2. The van der Waals surface area contributed by atoms with Gasteiger partial charge in [-0.2, -0.15) is 0 Å². The van der Waals surface area contributed by atoms with Crippen LogP contribution in [-0.4, -0.2) is 0 Å². The molecule has 0 saturated carbocycles. The molecule has 0 aromatic heterocycles. The number of rotatable bonds is 3. The van der Waals surface area contributed by atoms with Gasteiger partial charge in [-0.25, -0.2) is 0 Å². The van der Waals surface area contributed by atoms with E-state index in [9.17, 15) is 0 Å². The Labute approximate surface area is 105 Å². The molecule has 0 bridgehead atoms. The predicted molar refractivity (Wildman–Crippen MR) is 70.5 cm³/mol. The van der Waals surface area contributed by atoms with Gasteiger partial charge < -0.3 is 10.2 Å². The number of benzene rings is 2. The van der Waals surface area contributed by atoms with Gasteiger partial charge in [0.25, 0.3) is 0 Å². The van der Waals surface area contributed by atoms with E-state index in [4.69, 9.17) is 22.2 Å². The molecule has 4 heteroatoms. The first-order valence-corrected chi connectivity index (χ1v) is 5.58. The molecule has 0 heterocycles. The first-order valence-electron chi connectivity index (χ1n) is 5.20. The fourth-order valence-corrected chi connectivity index (χ4v) is 1.69. The summed E-state index contributed by atoms with van der Waals surface area (Å²) in [6.07, 6.45) is 0. The molecule has 0 radical (unpaired) electrons. The molecule has 88 valence electrons. The summed E-state index contributed by atoms with van der Waals surface area (Å²) in [5.41, 5.74) is 4.50. The largest absolute Gasteiger partial charge is 0.456 e. The van der Waals surface area contributed by atoms with E-state index in [2.05, 4.69) is 5.43 Å². The van der Waals surface area contributed by atoms with E-state index in [1.807, 2.05) is 43.3 Å². The predicted octanol–water partition coefficient (Wildman–Crippen LogP) is 3.73. The summed E-state index contributed by atoms with van der Waals surface area (Å²) in [5, 5.41) is 0.589. The number of aryl methyl sites for hydroxylation is 1. The Bertz CT molecular complexity index is 529. The topological polar surface area (TPSA) is 47.3 Å². The first kappa shape index (κ1) is 11.8. The summed E-state index contributed by atoms with van der Waals surface area (Å²) < 4.78 is 5.69. The standard InChI is InChI=1S/C13H13ClN2O/c1-9-8-10(6-7-12(9)16-15)17-13-5-3-2-4-11(13)14/h2-8,16H,15H2,1H3. The van der Waals surface area contributed by atoms with E-state index in [1.165, 1.54) is 0 Å². The summed E-state index contributed by atoms with van der Waals surface area (Å²) in [6.45, 7) is 1.95. The highest BCUT2D eigenvalue weighted by Crippen LogP contribution is 2.30. The van der Waals surface area contributed by atoms with Crippen LogP contribution in [0.5, 0.6) is 11.5 Å². The number of ether oxygens (including phenoxy) is 1. The van der Waals surface area contributed by atoms with Crippen molar-refractivity contribution in [3.63, 3.8) is 0 Å². The Hall–Kier alpha value is -1.71. The van der Waals surface area contributed by atoms with E-state index in [0.717, 1.165) is 17.0 Å². The van der Waals surface area contributed by atoms with E-state index < -0.39 is 0 Å². The van der Waals surface area contributed by atoms with E-state index in [1.54, 1.807) is 6.07 Å². The van der Waals surface area contributed by atoms with Gasteiger partial charge in [0.1, 0.15) is 11.5 Å². The molecular formula is C13H13ClN2O. The van der Waals surface area contributed by atoms with Gasteiger partial charge in [0.15, 0.2) is 0 Å². The molecule has 2 aromatic rings. The highest BCUT2D eigenvalue weighted by Gasteiger charge is 2.03. The van der Waals surface area contributed by atoms with Crippen LogP contribution in [0.2, 0.25) is 5.02 Å². The number of halogens is 1. The van der Waals surface area contributed by atoms with Crippen molar-refractivity contribution < 1.29 is 4.74 Å². The lowest BCUT2D eigenvalue weighted by Gasteiger charge is -2.10. The molecule has 0 amide bonds. The van der Waals surface area contributed by atoms with Crippen molar-refractivity contribution in [2.45, 2.75) is 6.92 Å². The summed E-state index contributed by atoms with van der Waals surface area (Å²) in [4.78, 5) is 0. The van der Waals surface area contributed by atoms with Gasteiger partial charge >= 0.3 is 0 Å². The molecule has 3 nitrogen and oxygen atoms in total. The molecular weight excluding hydrogens is 236 g/mol. The molecule has 0 aliphatic carbocycles. The van der Waals surface area contributed by atoms with Crippen LogP contribution in [0.1, 0.15) is 5.56 Å². The molecule has 0 fully saturated rings. The zero-order chi connectivity index (χ0) is 12.3. The summed E-state index contributed by atoms with van der Waals surface area (Å²) in [6, 6.07) is 13.0. The second-order valence-corrected chi connectivity index (χ2v) is 4.06. The maximum absolute atomic E-state index is 6.02. The summed E-state index contributed by atoms with van der Waals surface area (Å²) >= 11 is 6.02. The molecule has 2 aromatic carbocycles. The summed E-state index contributed by atoms with van der Waals surface area (Å²) in [7, 11) is 0. The van der Waals surface area contributed by atoms with Crippen molar-refractivity contribution in [3.8, 4) is 11.5 Å². The molecule has 0 saturated heterocycles. The van der Waals surface area contributed by atoms with E-state index >= 15 is 0 Å². The monoisotopic (exact) mass is 248 g/mol. The van der Waals surface area contributed by atoms with Gasteiger partial charge in [0.2, 0.25) is 0 Å². The number of para-hydroxylation sites is 1. The normalized spacial score (nSPS) is 10.1. The molecule has 0 aliphatic heterocycles. The zero-order valence-corrected chi connectivity index (χ0v) is 10.2. The number of nitrogens with two attached hydrogens (primary N) is 1. The molecule has 0 atom stereocenters. The van der Waals surface area contributed by atoms with Crippen LogP contribution < -0.4 is 16.0 Å². The SMILES string of the molecule is Cc1cc(Oc2ccccc2Cl)ccc1NN. The Morgan fingerprint density at radius 1 is 1.18 bits per heavy atom. The van der Waals surface area contributed by atoms with Crippen LogP contribution in [0.3, 0.4) is 0 Å². The molecule has 0 spiro atoms. The van der Waals surface area contributed by atoms with Gasteiger partial charge in [-0.1, -0.05) is 23.7 Å². The van der Waals surface area contributed by atoms with Gasteiger partial charge in [-0.05, 0) is 42.8 Å². The Kier molecular flexibility index (Phi) is 3.52. The number of anilines is 1. The Morgan fingerprint density at radius 2 is 1.94 bits per heavy atom. The molecule has 17 heavy (non-hydrogen) atoms. The second kappa shape index (κ2) is 5.08. The number of hydrogen-bond acceptors (Lipinski definition) is 3. The van der Waals surface area contributed by atoms with Crippen LogP contribution in [0.15, 0.2) is 42.5 Å². The lowest BCUT2D eigenvalue weighted by Crippen LogP contribution is -2.07. The number of nitrogen functional groups attached to an aromatic ring is 1. The fraction of sp³-hybridized carbons (Fsp3) is 0.0769. The number of nitrogens with one attached hydrogen (secondary N) is 1. The first-order chi connectivity index (χ1) is 8.20.